The van der Waals surface area contributed by atoms with Crippen molar-refractivity contribution in [3.05, 3.63) is 86.9 Å². The van der Waals surface area contributed by atoms with E-state index in [0.717, 1.165) is 22.4 Å². The largest absolute Gasteiger partial charge is 0.347 e. The molecule has 8 heteroatoms. The van der Waals surface area contributed by atoms with Gasteiger partial charge in [0.2, 0.25) is 0 Å². The van der Waals surface area contributed by atoms with Crippen molar-refractivity contribution in [3.8, 4) is 0 Å². The topological polar surface area (TPSA) is 75.2 Å². The van der Waals surface area contributed by atoms with Crippen LogP contribution in [0.4, 0.5) is 4.39 Å². The number of nitrogens with zero attached hydrogens (tertiary/aromatic N) is 3. The van der Waals surface area contributed by atoms with Crippen LogP contribution in [0.25, 0.3) is 6.08 Å². The minimum Gasteiger partial charge on any atom is -0.347 e. The molecule has 0 spiro atoms. The van der Waals surface area contributed by atoms with Crippen LogP contribution in [0.15, 0.2) is 54.1 Å². The summed E-state index contributed by atoms with van der Waals surface area (Å²) in [6.45, 7) is 2.93. The summed E-state index contributed by atoms with van der Waals surface area (Å²) in [5, 5.41) is 2.91. The summed E-state index contributed by atoms with van der Waals surface area (Å²) in [6, 6.07) is 8.93. The molecule has 0 aliphatic carbocycles. The van der Waals surface area contributed by atoms with Crippen molar-refractivity contribution >= 4 is 29.2 Å². The maximum absolute atomic E-state index is 14.5. The summed E-state index contributed by atoms with van der Waals surface area (Å²) in [5.41, 5.74) is 5.97. The number of carbonyl (C=O) groups excluding carboxylic acids is 2. The van der Waals surface area contributed by atoms with Crippen molar-refractivity contribution in [1.82, 2.24) is 20.2 Å². The molecule has 0 radical (unpaired) electrons. The van der Waals surface area contributed by atoms with Crippen LogP contribution in [0, 0.1) is 6.92 Å². The fourth-order valence-corrected chi connectivity index (χ4v) is 4.16. The molecule has 1 N–H and O–H groups in total. The van der Waals surface area contributed by atoms with Gasteiger partial charge in [-0.3, -0.25) is 19.6 Å². The van der Waals surface area contributed by atoms with E-state index in [1.807, 2.05) is 13.0 Å². The molecule has 31 heavy (non-hydrogen) atoms. The second-order valence-electron chi connectivity index (χ2n) is 7.25. The third-order valence-electron chi connectivity index (χ3n) is 5.26. The van der Waals surface area contributed by atoms with E-state index in [4.69, 9.17) is 0 Å². The van der Waals surface area contributed by atoms with Crippen molar-refractivity contribution in [2.45, 2.75) is 26.4 Å². The average Bonchev–Trinajstić information content (AvgIpc) is 3.33. The minimum absolute atomic E-state index is 0.180. The van der Waals surface area contributed by atoms with Gasteiger partial charge < -0.3 is 10.2 Å². The quantitative estimate of drug-likeness (QED) is 0.620. The number of halogens is 1. The normalized spacial score (nSPS) is 13.6. The SMILES string of the molecule is Cc1ncc2c(c1CNC(=O)c1cncs1)CCN(C(=O)/C(F)=C/c1ccccc1)C2. The first-order valence-corrected chi connectivity index (χ1v) is 10.8. The summed E-state index contributed by atoms with van der Waals surface area (Å²) >= 11 is 1.28. The van der Waals surface area contributed by atoms with Crippen LogP contribution in [0.3, 0.4) is 0 Å². The fraction of sp³-hybridized carbons (Fsp3) is 0.217. The zero-order valence-corrected chi connectivity index (χ0v) is 17.8. The smallest absolute Gasteiger partial charge is 0.282 e. The number of carbonyl (C=O) groups is 2. The molecule has 1 aromatic carbocycles. The van der Waals surface area contributed by atoms with E-state index >= 15 is 0 Å². The first-order valence-electron chi connectivity index (χ1n) is 9.87. The van der Waals surface area contributed by atoms with Crippen LogP contribution >= 0.6 is 11.3 Å². The van der Waals surface area contributed by atoms with Gasteiger partial charge in [-0.2, -0.15) is 0 Å². The van der Waals surface area contributed by atoms with Gasteiger partial charge in [0.15, 0.2) is 5.83 Å². The molecule has 0 unspecified atom stereocenters. The molecule has 158 valence electrons. The standard InChI is InChI=1S/C23H21FN4O2S/c1-15-19(11-27-22(29)21-12-25-14-31-21)18-7-8-28(13-17(18)10-26-15)23(30)20(24)9-16-5-3-2-4-6-16/h2-6,9-10,12,14H,7-8,11,13H2,1H3,(H,27,29)/b20-9-. The Balaban J connectivity index is 1.48. The minimum atomic E-state index is -0.785. The molecule has 0 bridgehead atoms. The van der Waals surface area contributed by atoms with Crippen LogP contribution in [-0.2, 0) is 24.3 Å². The lowest BCUT2D eigenvalue weighted by Gasteiger charge is -2.30. The highest BCUT2D eigenvalue weighted by Gasteiger charge is 2.26. The Hall–Kier alpha value is -3.39. The first kappa shape index (κ1) is 20.9. The molecule has 3 heterocycles. The summed E-state index contributed by atoms with van der Waals surface area (Å²) in [6.07, 6.45) is 5.10. The van der Waals surface area contributed by atoms with Crippen molar-refractivity contribution in [2.24, 2.45) is 0 Å². The number of rotatable bonds is 5. The van der Waals surface area contributed by atoms with Crippen LogP contribution in [-0.4, -0.2) is 33.2 Å². The number of aromatic nitrogens is 2. The zero-order chi connectivity index (χ0) is 21.8. The number of hydrogen-bond acceptors (Lipinski definition) is 5. The zero-order valence-electron chi connectivity index (χ0n) is 17.0. The van der Waals surface area contributed by atoms with Crippen LogP contribution < -0.4 is 5.32 Å². The van der Waals surface area contributed by atoms with Gasteiger partial charge in [0.1, 0.15) is 4.88 Å². The van der Waals surface area contributed by atoms with E-state index in [0.29, 0.717) is 30.0 Å². The van der Waals surface area contributed by atoms with Crippen molar-refractivity contribution < 1.29 is 14.0 Å². The third kappa shape index (κ3) is 4.69. The van der Waals surface area contributed by atoms with Gasteiger partial charge in [-0.1, -0.05) is 30.3 Å². The molecule has 2 amide bonds. The molecule has 0 saturated carbocycles. The second-order valence-corrected chi connectivity index (χ2v) is 8.14. The summed E-state index contributed by atoms with van der Waals surface area (Å²) in [4.78, 5) is 35.3. The van der Waals surface area contributed by atoms with E-state index in [9.17, 15) is 14.0 Å². The monoisotopic (exact) mass is 436 g/mol. The van der Waals surface area contributed by atoms with Gasteiger partial charge in [0.05, 0.1) is 11.7 Å². The molecule has 4 rings (SSSR count). The Morgan fingerprint density at radius 2 is 2.06 bits per heavy atom. The fourth-order valence-electron chi connectivity index (χ4n) is 3.62. The maximum Gasteiger partial charge on any atom is 0.282 e. The highest BCUT2D eigenvalue weighted by atomic mass is 32.1. The van der Waals surface area contributed by atoms with Gasteiger partial charge in [0.25, 0.3) is 11.8 Å². The van der Waals surface area contributed by atoms with Gasteiger partial charge in [0, 0.05) is 31.5 Å². The number of nitrogens with one attached hydrogen (secondary N) is 1. The molecule has 0 fully saturated rings. The number of amides is 2. The van der Waals surface area contributed by atoms with E-state index in [1.54, 1.807) is 36.0 Å². The predicted octanol–water partition coefficient (Wildman–Crippen LogP) is 3.67. The first-order chi connectivity index (χ1) is 15.0. The number of pyridine rings is 1. The van der Waals surface area contributed by atoms with Gasteiger partial charge >= 0.3 is 0 Å². The Labute approximate surface area is 183 Å². The molecule has 1 aliphatic rings. The van der Waals surface area contributed by atoms with Gasteiger partial charge in [-0.25, -0.2) is 4.39 Å². The van der Waals surface area contributed by atoms with Crippen LogP contribution in [0.2, 0.25) is 0 Å². The number of thiazole rings is 1. The third-order valence-corrected chi connectivity index (χ3v) is 6.03. The van der Waals surface area contributed by atoms with E-state index < -0.39 is 11.7 Å². The Kier molecular flexibility index (Phi) is 6.18. The van der Waals surface area contributed by atoms with Crippen molar-refractivity contribution in [3.63, 3.8) is 0 Å². The van der Waals surface area contributed by atoms with E-state index in [-0.39, 0.29) is 12.5 Å². The molecular weight excluding hydrogens is 415 g/mol. The van der Waals surface area contributed by atoms with Crippen LogP contribution in [0.5, 0.6) is 0 Å². The lowest BCUT2D eigenvalue weighted by atomic mass is 9.94. The summed E-state index contributed by atoms with van der Waals surface area (Å²) < 4.78 is 14.5. The lowest BCUT2D eigenvalue weighted by Crippen LogP contribution is -2.37. The highest BCUT2D eigenvalue weighted by molar-refractivity contribution is 7.11. The molecule has 2 aromatic heterocycles. The van der Waals surface area contributed by atoms with Crippen molar-refractivity contribution in [1.29, 1.82) is 0 Å². The van der Waals surface area contributed by atoms with E-state index in [1.165, 1.54) is 28.5 Å². The lowest BCUT2D eigenvalue weighted by molar-refractivity contribution is -0.129. The Morgan fingerprint density at radius 1 is 1.26 bits per heavy atom. The molecule has 0 atom stereocenters. The molecule has 3 aromatic rings. The van der Waals surface area contributed by atoms with Gasteiger partial charge in [-0.15, -0.1) is 11.3 Å². The molecule has 1 aliphatic heterocycles. The Bertz CT molecular complexity index is 1130. The number of aryl methyl sites for hydroxylation is 1. The molecule has 6 nitrogen and oxygen atoms in total. The van der Waals surface area contributed by atoms with Crippen LogP contribution in [0.1, 0.15) is 37.6 Å². The maximum atomic E-state index is 14.5. The summed E-state index contributed by atoms with van der Waals surface area (Å²) in [5.74, 6) is -1.60. The average molecular weight is 437 g/mol. The predicted molar refractivity (Wildman–Crippen MR) is 117 cm³/mol. The summed E-state index contributed by atoms with van der Waals surface area (Å²) in [7, 11) is 0. The number of hydrogen-bond donors (Lipinski definition) is 1. The highest BCUT2D eigenvalue weighted by Crippen LogP contribution is 2.25. The molecule has 0 saturated heterocycles. The van der Waals surface area contributed by atoms with E-state index in [2.05, 4.69) is 15.3 Å². The Morgan fingerprint density at radius 3 is 2.81 bits per heavy atom. The number of fused-ring (bicyclic) bond motifs is 1. The van der Waals surface area contributed by atoms with Crippen molar-refractivity contribution in [2.75, 3.05) is 6.54 Å². The second kappa shape index (κ2) is 9.18. The number of benzene rings is 1. The molecular formula is C23H21FN4O2S. The van der Waals surface area contributed by atoms with Gasteiger partial charge in [-0.05, 0) is 41.7 Å².